The highest BCUT2D eigenvalue weighted by atomic mass is 15.3. The molecule has 1 saturated heterocycles. The first-order valence-corrected chi connectivity index (χ1v) is 6.99. The van der Waals surface area contributed by atoms with Crippen LogP contribution in [0.25, 0.3) is 0 Å². The summed E-state index contributed by atoms with van der Waals surface area (Å²) in [6, 6.07) is 2.25. The van der Waals surface area contributed by atoms with Crippen molar-refractivity contribution in [2.75, 3.05) is 0 Å². The lowest BCUT2D eigenvalue weighted by Crippen LogP contribution is -2.43. The maximum Gasteiger partial charge on any atom is 0.115 e. The zero-order valence-electron chi connectivity index (χ0n) is 10.2. The summed E-state index contributed by atoms with van der Waals surface area (Å²) in [6.45, 7) is 0. The fourth-order valence-electron chi connectivity index (χ4n) is 4.22. The zero-order valence-corrected chi connectivity index (χ0v) is 10.2. The fourth-order valence-corrected chi connectivity index (χ4v) is 4.22. The highest BCUT2D eigenvalue weighted by Crippen LogP contribution is 2.46. The van der Waals surface area contributed by atoms with E-state index < -0.39 is 0 Å². The van der Waals surface area contributed by atoms with Gasteiger partial charge >= 0.3 is 0 Å². The zero-order chi connectivity index (χ0) is 11.2. The normalized spacial score (nSPS) is 32.9. The molecule has 3 heteroatoms. The van der Waals surface area contributed by atoms with Gasteiger partial charge in [-0.25, -0.2) is 9.97 Å². The molecular formula is C14H19N3. The van der Waals surface area contributed by atoms with Crippen LogP contribution in [0.1, 0.15) is 55.8 Å². The monoisotopic (exact) mass is 229 g/mol. The SMILES string of the molecule is c1ncc2c(n1)CC1CCC2N1C1CCCC1. The fraction of sp³-hybridized carbons (Fsp3) is 0.714. The highest BCUT2D eigenvalue weighted by molar-refractivity contribution is 5.28. The topological polar surface area (TPSA) is 29.0 Å². The third kappa shape index (κ3) is 1.45. The van der Waals surface area contributed by atoms with Gasteiger partial charge in [0.2, 0.25) is 0 Å². The Morgan fingerprint density at radius 2 is 1.94 bits per heavy atom. The molecule has 4 rings (SSSR count). The maximum absolute atomic E-state index is 4.48. The minimum absolute atomic E-state index is 0.632. The van der Waals surface area contributed by atoms with Crippen LogP contribution in [0.15, 0.2) is 12.5 Å². The first-order valence-electron chi connectivity index (χ1n) is 6.99. The molecule has 1 aliphatic carbocycles. The Morgan fingerprint density at radius 1 is 1.06 bits per heavy atom. The summed E-state index contributed by atoms with van der Waals surface area (Å²) in [5.74, 6) is 0. The number of hydrogen-bond acceptors (Lipinski definition) is 3. The minimum atomic E-state index is 0.632. The van der Waals surface area contributed by atoms with E-state index in [1.165, 1.54) is 49.8 Å². The molecule has 3 heterocycles. The van der Waals surface area contributed by atoms with Crippen molar-refractivity contribution in [2.45, 2.75) is 63.1 Å². The summed E-state index contributed by atoms with van der Waals surface area (Å²) in [7, 11) is 0. The van der Waals surface area contributed by atoms with Crippen LogP contribution in [0.2, 0.25) is 0 Å². The van der Waals surface area contributed by atoms with Gasteiger partial charge < -0.3 is 0 Å². The van der Waals surface area contributed by atoms with E-state index in [9.17, 15) is 0 Å². The Hall–Kier alpha value is -0.960. The van der Waals surface area contributed by atoms with E-state index in [1.54, 1.807) is 6.33 Å². The van der Waals surface area contributed by atoms with E-state index in [-0.39, 0.29) is 0 Å². The summed E-state index contributed by atoms with van der Waals surface area (Å²) >= 11 is 0. The van der Waals surface area contributed by atoms with Gasteiger partial charge in [0.05, 0.1) is 5.69 Å². The van der Waals surface area contributed by atoms with E-state index in [4.69, 9.17) is 0 Å². The van der Waals surface area contributed by atoms with Gasteiger partial charge in [-0.15, -0.1) is 0 Å². The lowest BCUT2D eigenvalue weighted by molar-refractivity contribution is 0.116. The smallest absolute Gasteiger partial charge is 0.115 e. The van der Waals surface area contributed by atoms with E-state index in [0.29, 0.717) is 6.04 Å². The van der Waals surface area contributed by atoms with Gasteiger partial charge in [0, 0.05) is 36.3 Å². The summed E-state index contributed by atoms with van der Waals surface area (Å²) in [6.07, 6.45) is 13.3. The molecule has 2 atom stereocenters. The number of fused-ring (bicyclic) bond motifs is 4. The molecular weight excluding hydrogens is 210 g/mol. The van der Waals surface area contributed by atoms with Gasteiger partial charge in [-0.1, -0.05) is 12.8 Å². The van der Waals surface area contributed by atoms with E-state index >= 15 is 0 Å². The largest absolute Gasteiger partial charge is 0.290 e. The predicted octanol–water partition coefficient (Wildman–Crippen LogP) is 2.48. The summed E-state index contributed by atoms with van der Waals surface area (Å²) in [5.41, 5.74) is 2.75. The second-order valence-electron chi connectivity index (χ2n) is 5.76. The quantitative estimate of drug-likeness (QED) is 0.741. The van der Waals surface area contributed by atoms with Crippen molar-refractivity contribution in [1.82, 2.24) is 14.9 Å². The number of nitrogens with zero attached hydrogens (tertiary/aromatic N) is 3. The molecule has 0 N–H and O–H groups in total. The van der Waals surface area contributed by atoms with Crippen LogP contribution >= 0.6 is 0 Å². The summed E-state index contributed by atoms with van der Waals surface area (Å²) in [4.78, 5) is 11.5. The van der Waals surface area contributed by atoms with Crippen LogP contribution in [-0.4, -0.2) is 27.0 Å². The first kappa shape index (κ1) is 10.0. The molecule has 0 aromatic carbocycles. The van der Waals surface area contributed by atoms with Crippen LogP contribution in [0.3, 0.4) is 0 Å². The number of hydrogen-bond donors (Lipinski definition) is 0. The molecule has 17 heavy (non-hydrogen) atoms. The van der Waals surface area contributed by atoms with Crippen molar-refractivity contribution in [3.8, 4) is 0 Å². The van der Waals surface area contributed by atoms with Crippen LogP contribution < -0.4 is 0 Å². The van der Waals surface area contributed by atoms with Gasteiger partial charge in [-0.05, 0) is 25.7 Å². The van der Waals surface area contributed by atoms with E-state index in [2.05, 4.69) is 21.1 Å². The van der Waals surface area contributed by atoms with Gasteiger partial charge in [0.25, 0.3) is 0 Å². The van der Waals surface area contributed by atoms with Crippen molar-refractivity contribution in [2.24, 2.45) is 0 Å². The van der Waals surface area contributed by atoms with Crippen LogP contribution in [0, 0.1) is 0 Å². The minimum Gasteiger partial charge on any atom is -0.290 e. The summed E-state index contributed by atoms with van der Waals surface area (Å²) in [5, 5.41) is 0. The number of aromatic nitrogens is 2. The second kappa shape index (κ2) is 3.77. The molecule has 2 bridgehead atoms. The van der Waals surface area contributed by atoms with Crippen molar-refractivity contribution in [1.29, 1.82) is 0 Å². The van der Waals surface area contributed by atoms with Crippen LogP contribution in [0.5, 0.6) is 0 Å². The Balaban J connectivity index is 1.72. The van der Waals surface area contributed by atoms with Crippen molar-refractivity contribution in [3.05, 3.63) is 23.8 Å². The Labute approximate surface area is 102 Å². The third-order valence-electron chi connectivity index (χ3n) is 4.92. The predicted molar refractivity (Wildman–Crippen MR) is 65.6 cm³/mol. The second-order valence-corrected chi connectivity index (χ2v) is 5.76. The molecule has 3 aliphatic rings. The molecule has 2 aliphatic heterocycles. The lowest BCUT2D eigenvalue weighted by Gasteiger charge is -2.39. The van der Waals surface area contributed by atoms with Crippen LogP contribution in [0.4, 0.5) is 0 Å². The van der Waals surface area contributed by atoms with E-state index in [0.717, 1.165) is 18.5 Å². The molecule has 0 amide bonds. The molecule has 90 valence electrons. The Morgan fingerprint density at radius 3 is 2.82 bits per heavy atom. The van der Waals surface area contributed by atoms with Gasteiger partial charge in [-0.3, -0.25) is 4.90 Å². The molecule has 1 aromatic rings. The van der Waals surface area contributed by atoms with Crippen molar-refractivity contribution < 1.29 is 0 Å². The Bertz CT molecular complexity index is 425. The molecule has 1 aromatic heterocycles. The lowest BCUT2D eigenvalue weighted by atomic mass is 9.97. The molecule has 2 unspecified atom stereocenters. The van der Waals surface area contributed by atoms with Crippen LogP contribution in [-0.2, 0) is 6.42 Å². The van der Waals surface area contributed by atoms with Gasteiger partial charge in [0.15, 0.2) is 0 Å². The molecule has 3 nitrogen and oxygen atoms in total. The van der Waals surface area contributed by atoms with Gasteiger partial charge in [0.1, 0.15) is 6.33 Å². The standard InChI is InChI=1S/C14H19N3/c1-2-4-10(3-1)17-11-5-6-14(17)12-8-15-9-16-13(12)7-11/h8-11,14H,1-7H2. The average Bonchev–Trinajstić information content (AvgIpc) is 2.96. The molecule has 2 fully saturated rings. The summed E-state index contributed by atoms with van der Waals surface area (Å²) < 4.78 is 0. The average molecular weight is 229 g/mol. The maximum atomic E-state index is 4.48. The molecule has 0 radical (unpaired) electrons. The van der Waals surface area contributed by atoms with E-state index in [1.807, 2.05) is 0 Å². The molecule has 0 spiro atoms. The first-order chi connectivity index (χ1) is 8.43. The van der Waals surface area contributed by atoms with Gasteiger partial charge in [-0.2, -0.15) is 0 Å². The third-order valence-corrected chi connectivity index (χ3v) is 4.92. The molecule has 1 saturated carbocycles. The Kier molecular flexibility index (Phi) is 2.22. The van der Waals surface area contributed by atoms with Crippen molar-refractivity contribution in [3.63, 3.8) is 0 Å². The number of rotatable bonds is 1. The highest BCUT2D eigenvalue weighted by Gasteiger charge is 2.44. The van der Waals surface area contributed by atoms with Crippen molar-refractivity contribution >= 4 is 0 Å².